The second-order valence-corrected chi connectivity index (χ2v) is 10.5. The first-order chi connectivity index (χ1) is 17.5. The SMILES string of the molecule is C.Cc1cc2c(OC[C@@H](O)CN3C[C@@H]4C/C=C\C[C@H]3CN4c3ccc4ccccc4c3)ccc(Cl)c2[nH]1.S.S.S. The van der Waals surface area contributed by atoms with E-state index in [4.69, 9.17) is 16.3 Å². The molecule has 1 saturated heterocycles. The van der Waals surface area contributed by atoms with Gasteiger partial charge >= 0.3 is 0 Å². The molecule has 9 heteroatoms. The van der Waals surface area contributed by atoms with Gasteiger partial charge in [-0.25, -0.2) is 0 Å². The minimum absolute atomic E-state index is 0. The summed E-state index contributed by atoms with van der Waals surface area (Å²) >= 11 is 6.33. The molecule has 3 aliphatic rings. The van der Waals surface area contributed by atoms with Gasteiger partial charge in [-0.1, -0.05) is 61.5 Å². The van der Waals surface area contributed by atoms with Gasteiger partial charge < -0.3 is 19.7 Å². The zero-order valence-electron chi connectivity index (χ0n) is 22.0. The molecule has 0 unspecified atom stereocenters. The number of ether oxygens (including phenoxy) is 1. The van der Waals surface area contributed by atoms with E-state index in [-0.39, 0.29) is 54.5 Å². The predicted octanol–water partition coefficient (Wildman–Crippen LogP) is 6.91. The molecular formula is C31H42ClN3O2S3. The summed E-state index contributed by atoms with van der Waals surface area (Å²) in [5.41, 5.74) is 3.20. The topological polar surface area (TPSA) is 51.7 Å². The Kier molecular flexibility index (Phi) is 12.7. The molecule has 1 aromatic heterocycles. The van der Waals surface area contributed by atoms with E-state index >= 15 is 0 Å². The summed E-state index contributed by atoms with van der Waals surface area (Å²) in [4.78, 5) is 8.31. The Bertz CT molecular complexity index is 1430. The van der Waals surface area contributed by atoms with Crippen molar-refractivity contribution in [3.63, 3.8) is 0 Å². The van der Waals surface area contributed by atoms with Gasteiger partial charge in [-0.2, -0.15) is 40.5 Å². The highest BCUT2D eigenvalue weighted by Gasteiger charge is 2.35. The minimum Gasteiger partial charge on any atom is -0.490 e. The first-order valence-corrected chi connectivity index (χ1v) is 13.2. The zero-order chi connectivity index (χ0) is 24.6. The van der Waals surface area contributed by atoms with Crippen molar-refractivity contribution < 1.29 is 9.84 Å². The van der Waals surface area contributed by atoms with E-state index in [2.05, 4.69) is 69.4 Å². The number of aliphatic hydroxyl groups excluding tert-OH is 1. The second-order valence-electron chi connectivity index (χ2n) is 10.1. The molecule has 4 heterocycles. The van der Waals surface area contributed by atoms with Gasteiger partial charge in [-0.3, -0.25) is 4.90 Å². The van der Waals surface area contributed by atoms with Gasteiger partial charge in [0.25, 0.3) is 0 Å². The van der Waals surface area contributed by atoms with Gasteiger partial charge in [0.15, 0.2) is 0 Å². The highest BCUT2D eigenvalue weighted by molar-refractivity contribution is 7.59. The van der Waals surface area contributed by atoms with Crippen LogP contribution in [0.25, 0.3) is 21.7 Å². The van der Waals surface area contributed by atoms with Crippen LogP contribution in [0, 0.1) is 6.92 Å². The number of aromatic nitrogens is 1. The van der Waals surface area contributed by atoms with Crippen LogP contribution in [0.4, 0.5) is 5.69 Å². The number of aryl methyl sites for hydroxylation is 1. The Labute approximate surface area is 263 Å². The molecule has 0 saturated carbocycles. The number of aliphatic hydroxyl groups is 1. The molecule has 0 amide bonds. The lowest BCUT2D eigenvalue weighted by atomic mass is 9.96. The summed E-state index contributed by atoms with van der Waals surface area (Å²) in [6.45, 7) is 4.74. The van der Waals surface area contributed by atoms with Gasteiger partial charge in [0.2, 0.25) is 0 Å². The van der Waals surface area contributed by atoms with Gasteiger partial charge in [-0.15, -0.1) is 0 Å². The summed E-state index contributed by atoms with van der Waals surface area (Å²) < 4.78 is 6.08. The molecule has 3 atom stereocenters. The Morgan fingerprint density at radius 2 is 1.68 bits per heavy atom. The van der Waals surface area contributed by atoms with Crippen LogP contribution in [-0.2, 0) is 0 Å². The van der Waals surface area contributed by atoms with Crippen molar-refractivity contribution in [2.24, 2.45) is 0 Å². The molecule has 2 bridgehead atoms. The summed E-state index contributed by atoms with van der Waals surface area (Å²) in [5, 5.41) is 15.1. The van der Waals surface area contributed by atoms with Crippen molar-refractivity contribution in [1.82, 2.24) is 9.88 Å². The molecule has 7 rings (SSSR count). The fraction of sp³-hybridized carbons (Fsp3) is 0.355. The molecule has 5 nitrogen and oxygen atoms in total. The minimum atomic E-state index is -0.574. The average Bonchev–Trinajstić information content (AvgIpc) is 3.27. The van der Waals surface area contributed by atoms with Gasteiger partial charge in [0, 0.05) is 48.5 Å². The number of piperazine rings is 1. The third-order valence-electron chi connectivity index (χ3n) is 7.57. The third-order valence-corrected chi connectivity index (χ3v) is 7.89. The molecular weight excluding hydrogens is 578 g/mol. The molecule has 4 aromatic rings. The number of benzene rings is 3. The summed E-state index contributed by atoms with van der Waals surface area (Å²) in [5.74, 6) is 0.748. The van der Waals surface area contributed by atoms with E-state index in [1.807, 2.05) is 25.1 Å². The van der Waals surface area contributed by atoms with Crippen molar-refractivity contribution in [3.05, 3.63) is 83.5 Å². The standard InChI is InChI=1S/C30H32ClN3O2.CH4.3H2S/c1-20-14-27-29(13-12-28(31)30(27)32-20)36-19-26(35)18-33-16-25-9-5-4-8-24(33)17-34(25)23-11-10-21-6-2-3-7-22(21)15-23;;;;/h2-7,10-15,24-26,32,35H,8-9,16-19H2,1H3;1H4;3*1H2/b5-4-;;;;/t24-,25-,26-;;;;/m0..../s1. The number of nitrogens with zero attached hydrogens (tertiary/aromatic N) is 2. The summed E-state index contributed by atoms with van der Waals surface area (Å²) in [7, 11) is 0. The monoisotopic (exact) mass is 619 g/mol. The molecule has 218 valence electrons. The van der Waals surface area contributed by atoms with E-state index < -0.39 is 6.10 Å². The van der Waals surface area contributed by atoms with E-state index in [0.29, 0.717) is 23.7 Å². The molecule has 3 aromatic carbocycles. The molecule has 3 aliphatic heterocycles. The number of hydrogen-bond acceptors (Lipinski definition) is 4. The Morgan fingerprint density at radius 3 is 2.45 bits per heavy atom. The number of hydrogen-bond donors (Lipinski definition) is 2. The van der Waals surface area contributed by atoms with Crippen molar-refractivity contribution in [2.75, 3.05) is 31.1 Å². The second kappa shape index (κ2) is 14.8. The van der Waals surface area contributed by atoms with Gasteiger partial charge in [-0.05, 0) is 60.9 Å². The molecule has 40 heavy (non-hydrogen) atoms. The molecule has 2 N–H and O–H groups in total. The van der Waals surface area contributed by atoms with Crippen molar-refractivity contribution in [3.8, 4) is 5.75 Å². The smallest absolute Gasteiger partial charge is 0.128 e. The fourth-order valence-corrected chi connectivity index (χ4v) is 5.98. The number of aromatic amines is 1. The Balaban J connectivity index is 0.00000140. The number of fused-ring (bicyclic) bond motifs is 6. The first-order valence-electron chi connectivity index (χ1n) is 12.8. The van der Waals surface area contributed by atoms with Crippen LogP contribution in [0.1, 0.15) is 26.0 Å². The lowest BCUT2D eigenvalue weighted by Gasteiger charge is -2.48. The summed E-state index contributed by atoms with van der Waals surface area (Å²) in [6.07, 6.45) is 6.06. The largest absolute Gasteiger partial charge is 0.490 e. The van der Waals surface area contributed by atoms with Crippen molar-refractivity contribution in [2.45, 2.75) is 45.4 Å². The molecule has 0 radical (unpaired) electrons. The zero-order valence-corrected chi connectivity index (χ0v) is 25.8. The summed E-state index contributed by atoms with van der Waals surface area (Å²) in [6, 6.07) is 21.8. The number of halogens is 1. The highest BCUT2D eigenvalue weighted by atomic mass is 35.5. The number of nitrogens with one attached hydrogen (secondary N) is 1. The lowest BCUT2D eigenvalue weighted by Crippen LogP contribution is -2.60. The lowest BCUT2D eigenvalue weighted by molar-refractivity contribution is 0.0409. The van der Waals surface area contributed by atoms with Crippen LogP contribution in [-0.4, -0.2) is 59.4 Å². The maximum atomic E-state index is 11.0. The van der Waals surface area contributed by atoms with Crippen LogP contribution < -0.4 is 9.64 Å². The molecule has 0 aliphatic carbocycles. The normalized spacial score (nSPS) is 19.8. The van der Waals surface area contributed by atoms with Crippen LogP contribution >= 0.6 is 52.1 Å². The Hall–Kier alpha value is -1.94. The van der Waals surface area contributed by atoms with Gasteiger partial charge in [0.1, 0.15) is 18.5 Å². The maximum absolute atomic E-state index is 11.0. The predicted molar refractivity (Wildman–Crippen MR) is 186 cm³/mol. The highest BCUT2D eigenvalue weighted by Crippen LogP contribution is 2.33. The van der Waals surface area contributed by atoms with Crippen LogP contribution in [0.2, 0.25) is 5.02 Å². The quantitative estimate of drug-likeness (QED) is 0.230. The third kappa shape index (κ3) is 7.09. The van der Waals surface area contributed by atoms with Gasteiger partial charge in [0.05, 0.1) is 10.5 Å². The number of rotatable bonds is 6. The first kappa shape index (κ1) is 34.3. The van der Waals surface area contributed by atoms with Crippen LogP contribution in [0.15, 0.2) is 72.8 Å². The molecule has 1 fully saturated rings. The average molecular weight is 620 g/mol. The van der Waals surface area contributed by atoms with E-state index in [1.165, 1.54) is 16.5 Å². The van der Waals surface area contributed by atoms with E-state index in [9.17, 15) is 5.11 Å². The maximum Gasteiger partial charge on any atom is 0.128 e. The van der Waals surface area contributed by atoms with Crippen LogP contribution in [0.5, 0.6) is 5.75 Å². The van der Waals surface area contributed by atoms with Crippen molar-refractivity contribution >= 4 is 79.5 Å². The number of H-pyrrole nitrogens is 1. The van der Waals surface area contributed by atoms with Crippen LogP contribution in [0.3, 0.4) is 0 Å². The fourth-order valence-electron chi connectivity index (χ4n) is 5.77. The number of anilines is 1. The molecule has 0 spiro atoms. The van der Waals surface area contributed by atoms with E-state index in [0.717, 1.165) is 48.3 Å². The Morgan fingerprint density at radius 1 is 0.950 bits per heavy atom. The van der Waals surface area contributed by atoms with E-state index in [1.54, 1.807) is 0 Å². The van der Waals surface area contributed by atoms with Crippen molar-refractivity contribution in [1.29, 1.82) is 0 Å².